The third kappa shape index (κ3) is 4.60. The summed E-state index contributed by atoms with van der Waals surface area (Å²) in [6.07, 6.45) is 0. The predicted octanol–water partition coefficient (Wildman–Crippen LogP) is 4.08. The van der Waals surface area contributed by atoms with E-state index in [0.29, 0.717) is 13.1 Å². The van der Waals surface area contributed by atoms with Gasteiger partial charge in [0.1, 0.15) is 11.3 Å². The highest BCUT2D eigenvalue weighted by Crippen LogP contribution is 2.23. The van der Waals surface area contributed by atoms with E-state index in [2.05, 4.69) is 57.4 Å². The maximum absolute atomic E-state index is 12.4. The largest absolute Gasteiger partial charge is 0.460 e. The molecule has 0 atom stereocenters. The summed E-state index contributed by atoms with van der Waals surface area (Å²) >= 11 is 0. The fraction of sp³-hybridized carbons (Fsp3) is 0.550. The van der Waals surface area contributed by atoms with Crippen molar-refractivity contribution in [3.63, 3.8) is 0 Å². The van der Waals surface area contributed by atoms with Gasteiger partial charge in [0, 0.05) is 11.9 Å². The van der Waals surface area contributed by atoms with E-state index in [1.54, 1.807) is 0 Å². The van der Waals surface area contributed by atoms with Crippen molar-refractivity contribution in [3.05, 3.63) is 35.1 Å². The summed E-state index contributed by atoms with van der Waals surface area (Å²) in [5.41, 5.74) is 2.78. The summed E-state index contributed by atoms with van der Waals surface area (Å²) in [7, 11) is 0. The summed E-state index contributed by atoms with van der Waals surface area (Å²) in [4.78, 5) is 12.4. The molecule has 4 nitrogen and oxygen atoms in total. The minimum absolute atomic E-state index is 0.000208. The van der Waals surface area contributed by atoms with Gasteiger partial charge in [-0.25, -0.2) is 0 Å². The zero-order valence-corrected chi connectivity index (χ0v) is 16.0. The van der Waals surface area contributed by atoms with Gasteiger partial charge in [-0.15, -0.1) is 0 Å². The van der Waals surface area contributed by atoms with Gasteiger partial charge in [-0.05, 0) is 62.4 Å². The van der Waals surface area contributed by atoms with Crippen LogP contribution in [0.3, 0.4) is 0 Å². The van der Waals surface area contributed by atoms with E-state index in [0.717, 1.165) is 16.7 Å². The smallest absolute Gasteiger partial charge is 0.239 e. The average molecular weight is 330 g/mol. The second-order valence-electron chi connectivity index (χ2n) is 8.41. The highest BCUT2D eigenvalue weighted by Gasteiger charge is 2.28. The lowest BCUT2D eigenvalue weighted by Crippen LogP contribution is -2.53. The van der Waals surface area contributed by atoms with Crippen LogP contribution in [0.15, 0.2) is 22.6 Å². The number of aryl methyl sites for hydroxylation is 2. The van der Waals surface area contributed by atoms with E-state index in [9.17, 15) is 4.79 Å². The van der Waals surface area contributed by atoms with Crippen LogP contribution in [0.1, 0.15) is 51.5 Å². The average Bonchev–Trinajstić information content (AvgIpc) is 2.84. The van der Waals surface area contributed by atoms with E-state index in [-0.39, 0.29) is 11.3 Å². The van der Waals surface area contributed by atoms with Crippen molar-refractivity contribution >= 4 is 16.9 Å². The Labute approximate surface area is 145 Å². The first kappa shape index (κ1) is 18.5. The van der Waals surface area contributed by atoms with Gasteiger partial charge in [0.2, 0.25) is 5.91 Å². The molecule has 2 aromatic rings. The summed E-state index contributed by atoms with van der Waals surface area (Å²) in [6.45, 7) is 15.4. The molecule has 0 saturated heterocycles. The van der Waals surface area contributed by atoms with Crippen LogP contribution in [0.25, 0.3) is 11.0 Å². The van der Waals surface area contributed by atoms with Gasteiger partial charge in [0.05, 0.1) is 12.1 Å². The topological polar surface area (TPSA) is 54.3 Å². The highest BCUT2D eigenvalue weighted by atomic mass is 16.3. The molecule has 0 radical (unpaired) electrons. The predicted molar refractivity (Wildman–Crippen MR) is 99.1 cm³/mol. The van der Waals surface area contributed by atoms with Crippen molar-refractivity contribution in [3.8, 4) is 0 Å². The molecular weight excluding hydrogens is 300 g/mol. The van der Waals surface area contributed by atoms with E-state index in [1.165, 1.54) is 11.1 Å². The molecule has 0 saturated carbocycles. The Morgan fingerprint density at radius 2 is 1.67 bits per heavy atom. The highest BCUT2D eigenvalue weighted by molar-refractivity contribution is 5.85. The van der Waals surface area contributed by atoms with Gasteiger partial charge >= 0.3 is 0 Å². The minimum Gasteiger partial charge on any atom is -0.460 e. The molecule has 2 rings (SSSR count). The zero-order valence-electron chi connectivity index (χ0n) is 16.0. The second-order valence-corrected chi connectivity index (χ2v) is 8.41. The number of fused-ring (bicyclic) bond motifs is 1. The SMILES string of the molecule is Cc1cc2cc(CNC(C)(C)C(=O)NCC(C)(C)C)oc2cc1C. The molecule has 1 amide bonds. The quantitative estimate of drug-likeness (QED) is 0.868. The van der Waals surface area contributed by atoms with Crippen LogP contribution in [0.5, 0.6) is 0 Å². The van der Waals surface area contributed by atoms with Crippen LogP contribution in [0.2, 0.25) is 0 Å². The van der Waals surface area contributed by atoms with E-state index < -0.39 is 5.54 Å². The Kier molecular flexibility index (Phi) is 5.09. The Bertz CT molecular complexity index is 697. The van der Waals surface area contributed by atoms with Crippen molar-refractivity contribution in [2.45, 2.75) is 60.5 Å². The third-order valence-corrected chi connectivity index (χ3v) is 4.24. The van der Waals surface area contributed by atoms with Gasteiger partial charge in [-0.2, -0.15) is 0 Å². The second kappa shape index (κ2) is 6.60. The van der Waals surface area contributed by atoms with Crippen LogP contribution in [0, 0.1) is 19.3 Å². The first-order valence-electron chi connectivity index (χ1n) is 8.51. The van der Waals surface area contributed by atoms with Gasteiger partial charge in [-0.3, -0.25) is 10.1 Å². The first-order valence-corrected chi connectivity index (χ1v) is 8.51. The molecule has 0 spiro atoms. The zero-order chi connectivity index (χ0) is 18.1. The molecular formula is C20H30N2O2. The molecule has 132 valence electrons. The van der Waals surface area contributed by atoms with E-state index >= 15 is 0 Å². The van der Waals surface area contributed by atoms with Gasteiger partial charge in [0.15, 0.2) is 0 Å². The van der Waals surface area contributed by atoms with Crippen molar-refractivity contribution in [1.82, 2.24) is 10.6 Å². The molecule has 1 aromatic heterocycles. The molecule has 4 heteroatoms. The van der Waals surface area contributed by atoms with Crippen LogP contribution < -0.4 is 10.6 Å². The molecule has 0 aliphatic heterocycles. The summed E-state index contributed by atoms with van der Waals surface area (Å²) < 4.78 is 5.90. The number of benzene rings is 1. The molecule has 0 fully saturated rings. The monoisotopic (exact) mass is 330 g/mol. The lowest BCUT2D eigenvalue weighted by molar-refractivity contribution is -0.126. The Morgan fingerprint density at radius 3 is 2.29 bits per heavy atom. The molecule has 0 unspecified atom stereocenters. The summed E-state index contributed by atoms with van der Waals surface area (Å²) in [5, 5.41) is 7.41. The van der Waals surface area contributed by atoms with Crippen LogP contribution in [-0.4, -0.2) is 18.0 Å². The Hall–Kier alpha value is -1.81. The maximum Gasteiger partial charge on any atom is 0.239 e. The third-order valence-electron chi connectivity index (χ3n) is 4.24. The molecule has 1 heterocycles. The Morgan fingerprint density at radius 1 is 1.04 bits per heavy atom. The molecule has 0 aliphatic carbocycles. The summed E-state index contributed by atoms with van der Waals surface area (Å²) in [6, 6.07) is 6.24. The number of hydrogen-bond donors (Lipinski definition) is 2. The van der Waals surface area contributed by atoms with Gasteiger partial charge < -0.3 is 9.73 Å². The molecule has 1 aromatic carbocycles. The van der Waals surface area contributed by atoms with Crippen LogP contribution in [0.4, 0.5) is 0 Å². The normalized spacial score (nSPS) is 12.6. The standard InChI is InChI=1S/C20H30N2O2/c1-13-8-15-10-16(24-17(15)9-14(13)2)11-22-20(6,7)18(23)21-12-19(3,4)5/h8-10,22H,11-12H2,1-7H3,(H,21,23). The first-order chi connectivity index (χ1) is 11.0. The number of hydrogen-bond acceptors (Lipinski definition) is 3. The molecule has 0 bridgehead atoms. The van der Waals surface area contributed by atoms with Crippen molar-refractivity contribution in [1.29, 1.82) is 0 Å². The van der Waals surface area contributed by atoms with E-state index in [1.807, 2.05) is 19.9 Å². The number of furan rings is 1. The lowest BCUT2D eigenvalue weighted by Gasteiger charge is -2.27. The van der Waals surface area contributed by atoms with Crippen LogP contribution >= 0.6 is 0 Å². The summed E-state index contributed by atoms with van der Waals surface area (Å²) in [5.74, 6) is 0.840. The van der Waals surface area contributed by atoms with Crippen molar-refractivity contribution < 1.29 is 9.21 Å². The number of carbonyl (C=O) groups excluding carboxylic acids is 1. The minimum atomic E-state index is -0.657. The molecule has 0 aliphatic rings. The Balaban J connectivity index is 2.02. The van der Waals surface area contributed by atoms with E-state index in [4.69, 9.17) is 4.42 Å². The van der Waals surface area contributed by atoms with Crippen LogP contribution in [-0.2, 0) is 11.3 Å². The maximum atomic E-state index is 12.4. The van der Waals surface area contributed by atoms with Crippen molar-refractivity contribution in [2.24, 2.45) is 5.41 Å². The number of nitrogens with one attached hydrogen (secondary N) is 2. The van der Waals surface area contributed by atoms with Gasteiger partial charge in [0.25, 0.3) is 0 Å². The van der Waals surface area contributed by atoms with Gasteiger partial charge in [-0.1, -0.05) is 20.8 Å². The molecule has 24 heavy (non-hydrogen) atoms. The fourth-order valence-electron chi connectivity index (χ4n) is 2.40. The lowest BCUT2D eigenvalue weighted by atomic mass is 9.96. The fourth-order valence-corrected chi connectivity index (χ4v) is 2.40. The van der Waals surface area contributed by atoms with Crippen molar-refractivity contribution in [2.75, 3.05) is 6.54 Å². The number of amides is 1. The molecule has 2 N–H and O–H groups in total. The number of rotatable bonds is 5. The number of carbonyl (C=O) groups is 1.